The molecule has 6 heteroatoms. The van der Waals surface area contributed by atoms with Crippen LogP contribution in [0.2, 0.25) is 5.02 Å². The zero-order chi connectivity index (χ0) is 17.1. The number of rotatable bonds is 4. The second-order valence-electron chi connectivity index (χ2n) is 5.60. The van der Waals surface area contributed by atoms with Gasteiger partial charge in [-0.05, 0) is 29.8 Å². The van der Waals surface area contributed by atoms with E-state index in [9.17, 15) is 9.18 Å². The zero-order valence-electron chi connectivity index (χ0n) is 13.2. The van der Waals surface area contributed by atoms with Crippen LogP contribution in [-0.2, 0) is 17.8 Å². The molecule has 0 bridgehead atoms. The Balaban J connectivity index is 1.68. The van der Waals surface area contributed by atoms with E-state index < -0.39 is 5.82 Å². The van der Waals surface area contributed by atoms with Gasteiger partial charge in [-0.1, -0.05) is 23.7 Å². The van der Waals surface area contributed by atoms with E-state index in [1.807, 2.05) is 6.07 Å². The second kappa shape index (κ2) is 7.09. The van der Waals surface area contributed by atoms with Crippen LogP contribution in [0, 0.1) is 5.82 Å². The Bertz CT molecular complexity index is 746. The van der Waals surface area contributed by atoms with Crippen molar-refractivity contribution in [1.82, 2.24) is 4.90 Å². The summed E-state index contributed by atoms with van der Waals surface area (Å²) in [6.45, 7) is 1.14. The molecule has 0 fully saturated rings. The summed E-state index contributed by atoms with van der Waals surface area (Å²) in [5, 5.41) is 0.314. The van der Waals surface area contributed by atoms with Gasteiger partial charge in [0.25, 0.3) is 0 Å². The van der Waals surface area contributed by atoms with Crippen molar-refractivity contribution in [2.45, 2.75) is 13.0 Å². The Morgan fingerprint density at radius 1 is 1.21 bits per heavy atom. The number of ether oxygens (including phenoxy) is 2. The highest BCUT2D eigenvalue weighted by atomic mass is 35.5. The van der Waals surface area contributed by atoms with Crippen molar-refractivity contribution in [1.29, 1.82) is 0 Å². The predicted molar refractivity (Wildman–Crippen MR) is 89.0 cm³/mol. The second-order valence-corrected chi connectivity index (χ2v) is 6.01. The molecule has 0 aromatic heterocycles. The van der Waals surface area contributed by atoms with Gasteiger partial charge >= 0.3 is 0 Å². The summed E-state index contributed by atoms with van der Waals surface area (Å²) in [4.78, 5) is 13.9. The highest BCUT2D eigenvalue weighted by Gasteiger charge is 2.17. The largest absolute Gasteiger partial charge is 0.486 e. The lowest BCUT2D eigenvalue weighted by Crippen LogP contribution is -2.28. The molecule has 1 aliphatic heterocycles. The van der Waals surface area contributed by atoms with Gasteiger partial charge in [-0.2, -0.15) is 0 Å². The topological polar surface area (TPSA) is 38.8 Å². The van der Waals surface area contributed by atoms with Gasteiger partial charge in [0.1, 0.15) is 19.0 Å². The van der Waals surface area contributed by atoms with Gasteiger partial charge < -0.3 is 14.4 Å². The van der Waals surface area contributed by atoms with Crippen LogP contribution in [0.25, 0.3) is 0 Å². The number of benzene rings is 2. The molecular weight excluding hydrogens is 333 g/mol. The molecule has 3 rings (SSSR count). The molecule has 4 nitrogen and oxygen atoms in total. The maximum atomic E-state index is 13.8. The van der Waals surface area contributed by atoms with Crippen molar-refractivity contribution in [2.24, 2.45) is 0 Å². The number of nitrogens with zero attached hydrogens (tertiary/aromatic N) is 1. The van der Waals surface area contributed by atoms with Crippen LogP contribution >= 0.6 is 11.6 Å². The Labute approximate surface area is 144 Å². The third-order valence-electron chi connectivity index (χ3n) is 3.84. The van der Waals surface area contributed by atoms with Crippen molar-refractivity contribution < 1.29 is 18.7 Å². The van der Waals surface area contributed by atoms with Crippen LogP contribution in [0.1, 0.15) is 11.1 Å². The molecule has 0 unspecified atom stereocenters. The fourth-order valence-electron chi connectivity index (χ4n) is 2.52. The van der Waals surface area contributed by atoms with E-state index in [2.05, 4.69) is 0 Å². The van der Waals surface area contributed by atoms with E-state index in [-0.39, 0.29) is 18.9 Å². The monoisotopic (exact) mass is 349 g/mol. The Morgan fingerprint density at radius 3 is 2.71 bits per heavy atom. The fourth-order valence-corrected chi connectivity index (χ4v) is 2.74. The Kier molecular flexibility index (Phi) is 4.90. The van der Waals surface area contributed by atoms with E-state index in [0.717, 1.165) is 5.56 Å². The van der Waals surface area contributed by atoms with E-state index in [1.54, 1.807) is 25.2 Å². The van der Waals surface area contributed by atoms with Gasteiger partial charge in [0.05, 0.1) is 6.42 Å². The maximum absolute atomic E-state index is 13.8. The van der Waals surface area contributed by atoms with Crippen molar-refractivity contribution in [3.63, 3.8) is 0 Å². The van der Waals surface area contributed by atoms with Crippen molar-refractivity contribution in [3.05, 3.63) is 58.4 Å². The van der Waals surface area contributed by atoms with Crippen LogP contribution in [0.3, 0.4) is 0 Å². The molecule has 0 radical (unpaired) electrons. The summed E-state index contributed by atoms with van der Waals surface area (Å²) in [7, 11) is 1.63. The lowest BCUT2D eigenvalue weighted by Gasteiger charge is -2.20. The first kappa shape index (κ1) is 16.6. The first-order valence-corrected chi connectivity index (χ1v) is 7.98. The van der Waals surface area contributed by atoms with Gasteiger partial charge in [-0.15, -0.1) is 0 Å². The van der Waals surface area contributed by atoms with Crippen LogP contribution in [-0.4, -0.2) is 31.1 Å². The molecule has 1 aliphatic rings. The summed E-state index contributed by atoms with van der Waals surface area (Å²) in [6.07, 6.45) is 0.194. The summed E-state index contributed by atoms with van der Waals surface area (Å²) in [6, 6.07) is 9.91. The first-order valence-electron chi connectivity index (χ1n) is 7.60. The van der Waals surface area contributed by atoms with Gasteiger partial charge in [-0.25, -0.2) is 4.39 Å². The molecule has 1 heterocycles. The normalized spacial score (nSPS) is 12.8. The van der Waals surface area contributed by atoms with Crippen LogP contribution in [0.15, 0.2) is 36.4 Å². The molecule has 1 amide bonds. The number of fused-ring (bicyclic) bond motifs is 1. The Morgan fingerprint density at radius 2 is 1.96 bits per heavy atom. The fraction of sp³-hybridized carbons (Fsp3) is 0.278. The van der Waals surface area contributed by atoms with E-state index in [0.29, 0.717) is 35.3 Å². The van der Waals surface area contributed by atoms with Crippen molar-refractivity contribution in [2.75, 3.05) is 20.3 Å². The molecule has 0 atom stereocenters. The average Bonchev–Trinajstić information content (AvgIpc) is 2.58. The third kappa shape index (κ3) is 3.62. The maximum Gasteiger partial charge on any atom is 0.227 e. The minimum absolute atomic E-state index is 0.120. The predicted octanol–water partition coefficient (Wildman–Crippen LogP) is 3.45. The first-order chi connectivity index (χ1) is 11.5. The van der Waals surface area contributed by atoms with Crippen molar-refractivity contribution >= 4 is 17.5 Å². The van der Waals surface area contributed by atoms with E-state index in [1.165, 1.54) is 17.0 Å². The smallest absolute Gasteiger partial charge is 0.227 e. The molecule has 0 saturated carbocycles. The number of halogens is 2. The average molecular weight is 350 g/mol. The lowest BCUT2D eigenvalue weighted by molar-refractivity contribution is -0.129. The molecule has 2 aromatic rings. The summed E-state index contributed by atoms with van der Waals surface area (Å²) in [5.74, 6) is 0.780. The van der Waals surface area contributed by atoms with Gasteiger partial charge in [0.2, 0.25) is 5.91 Å². The van der Waals surface area contributed by atoms with Crippen LogP contribution < -0.4 is 9.47 Å². The molecule has 126 valence electrons. The molecule has 2 aromatic carbocycles. The van der Waals surface area contributed by atoms with Gasteiger partial charge in [0, 0.05) is 24.2 Å². The highest BCUT2D eigenvalue weighted by molar-refractivity contribution is 6.31. The third-order valence-corrected chi connectivity index (χ3v) is 4.20. The quantitative estimate of drug-likeness (QED) is 0.848. The minimum Gasteiger partial charge on any atom is -0.486 e. The molecule has 24 heavy (non-hydrogen) atoms. The van der Waals surface area contributed by atoms with E-state index >= 15 is 0 Å². The minimum atomic E-state index is -0.415. The molecular formula is C18H17ClFNO3. The summed E-state index contributed by atoms with van der Waals surface area (Å²) >= 11 is 6.01. The molecule has 0 aliphatic carbocycles. The van der Waals surface area contributed by atoms with Gasteiger partial charge in [-0.3, -0.25) is 4.79 Å². The molecule has 0 saturated heterocycles. The lowest BCUT2D eigenvalue weighted by atomic mass is 10.1. The number of carbonyl (C=O) groups is 1. The highest BCUT2D eigenvalue weighted by Crippen LogP contribution is 2.31. The Hall–Kier alpha value is -2.27. The summed E-state index contributed by atoms with van der Waals surface area (Å²) < 4.78 is 24.8. The number of hydrogen-bond acceptors (Lipinski definition) is 3. The number of amides is 1. The van der Waals surface area contributed by atoms with Crippen molar-refractivity contribution in [3.8, 4) is 11.5 Å². The van der Waals surface area contributed by atoms with E-state index in [4.69, 9.17) is 21.1 Å². The SMILES string of the molecule is CN(Cc1c(F)cccc1Cl)C(=O)Cc1ccc2c(c1)OCCO2. The number of carbonyl (C=O) groups excluding carboxylic acids is 1. The van der Waals surface area contributed by atoms with Crippen LogP contribution in [0.5, 0.6) is 11.5 Å². The molecule has 0 spiro atoms. The zero-order valence-corrected chi connectivity index (χ0v) is 14.0. The standard InChI is InChI=1S/C18H17ClFNO3/c1-21(11-13-14(19)3-2-4-15(13)20)18(22)10-12-5-6-16-17(9-12)24-8-7-23-16/h2-6,9H,7-8,10-11H2,1H3. The summed E-state index contributed by atoms with van der Waals surface area (Å²) in [5.41, 5.74) is 1.13. The number of hydrogen-bond donors (Lipinski definition) is 0. The molecule has 0 N–H and O–H groups in total. The number of likely N-dealkylation sites (N-methyl/N-ethyl adjacent to an activating group) is 1. The van der Waals surface area contributed by atoms with Crippen LogP contribution in [0.4, 0.5) is 4.39 Å². The van der Waals surface area contributed by atoms with Gasteiger partial charge in [0.15, 0.2) is 11.5 Å².